The summed E-state index contributed by atoms with van der Waals surface area (Å²) in [6.07, 6.45) is 6.07. The molecule has 70 valence electrons. The van der Waals surface area contributed by atoms with Gasteiger partial charge in [-0.2, -0.15) is 0 Å². The van der Waals surface area contributed by atoms with Gasteiger partial charge in [0.1, 0.15) is 0 Å². The zero-order valence-corrected chi connectivity index (χ0v) is 7.70. The second kappa shape index (κ2) is 4.62. The first kappa shape index (κ1) is 9.74. The first-order valence-corrected chi connectivity index (χ1v) is 4.23. The molecule has 0 saturated heterocycles. The van der Waals surface area contributed by atoms with E-state index in [2.05, 4.69) is 4.98 Å². The molecule has 0 unspecified atom stereocenters. The first-order valence-electron chi connectivity index (χ1n) is 4.23. The molecule has 1 heterocycles. The number of nitrogens with two attached hydrogens (primary N) is 1. The van der Waals surface area contributed by atoms with Gasteiger partial charge in [-0.3, -0.25) is 4.98 Å². The number of aliphatic hydroxyl groups excluding tert-OH is 1. The van der Waals surface area contributed by atoms with Crippen LogP contribution in [-0.4, -0.2) is 16.7 Å². The minimum Gasteiger partial charge on any atom is -0.397 e. The molecule has 3 heteroatoms. The number of nitrogen functional groups attached to an aromatic ring is 1. The van der Waals surface area contributed by atoms with Gasteiger partial charge in [-0.05, 0) is 31.1 Å². The van der Waals surface area contributed by atoms with Crippen molar-refractivity contribution in [2.75, 3.05) is 12.3 Å². The highest BCUT2D eigenvalue weighted by Gasteiger charge is 1.93. The molecule has 1 aromatic rings. The third-order valence-corrected chi connectivity index (χ3v) is 1.76. The first-order chi connectivity index (χ1) is 6.24. The Bertz CT molecular complexity index is 308. The number of pyridine rings is 1. The summed E-state index contributed by atoms with van der Waals surface area (Å²) < 4.78 is 0. The number of aromatic nitrogens is 1. The lowest BCUT2D eigenvalue weighted by Gasteiger charge is -1.99. The maximum Gasteiger partial charge on any atom is 0.0630 e. The van der Waals surface area contributed by atoms with Crippen LogP contribution in [0.1, 0.15) is 17.7 Å². The van der Waals surface area contributed by atoms with Gasteiger partial charge in [-0.25, -0.2) is 0 Å². The fourth-order valence-corrected chi connectivity index (χ4v) is 0.958. The van der Waals surface area contributed by atoms with Crippen molar-refractivity contribution in [2.24, 2.45) is 0 Å². The molecule has 3 N–H and O–H groups in total. The van der Waals surface area contributed by atoms with Gasteiger partial charge in [0.05, 0.1) is 17.6 Å². The zero-order valence-electron chi connectivity index (χ0n) is 7.70. The van der Waals surface area contributed by atoms with Crippen molar-refractivity contribution in [1.82, 2.24) is 4.98 Å². The van der Waals surface area contributed by atoms with Gasteiger partial charge < -0.3 is 10.8 Å². The molecule has 0 bridgehead atoms. The molecule has 0 aliphatic carbocycles. The largest absolute Gasteiger partial charge is 0.397 e. The quantitative estimate of drug-likeness (QED) is 0.734. The molecule has 0 atom stereocenters. The highest BCUT2D eigenvalue weighted by Crippen LogP contribution is 2.10. The van der Waals surface area contributed by atoms with Crippen LogP contribution in [0.15, 0.2) is 18.3 Å². The Labute approximate surface area is 77.9 Å². The Morgan fingerprint density at radius 2 is 2.38 bits per heavy atom. The Hall–Kier alpha value is -1.35. The van der Waals surface area contributed by atoms with Gasteiger partial charge >= 0.3 is 0 Å². The summed E-state index contributed by atoms with van der Waals surface area (Å²) in [5.41, 5.74) is 8.23. The van der Waals surface area contributed by atoms with Gasteiger partial charge in [0, 0.05) is 6.61 Å². The van der Waals surface area contributed by atoms with Crippen molar-refractivity contribution in [1.29, 1.82) is 0 Å². The molecule has 0 amide bonds. The number of aliphatic hydroxyl groups is 1. The lowest BCUT2D eigenvalue weighted by Crippen LogP contribution is -1.92. The predicted octanol–water partition coefficient (Wildman–Crippen LogP) is 1.37. The second-order valence-electron chi connectivity index (χ2n) is 2.88. The van der Waals surface area contributed by atoms with E-state index in [1.54, 1.807) is 6.20 Å². The molecule has 1 rings (SSSR count). The average Bonchev–Trinajstić information content (AvgIpc) is 2.12. The lowest BCUT2D eigenvalue weighted by molar-refractivity contribution is 0.303. The molecule has 13 heavy (non-hydrogen) atoms. The van der Waals surface area contributed by atoms with E-state index in [1.165, 1.54) is 0 Å². The minimum absolute atomic E-state index is 0.171. The van der Waals surface area contributed by atoms with Crippen molar-refractivity contribution in [2.45, 2.75) is 13.3 Å². The number of hydrogen-bond acceptors (Lipinski definition) is 3. The van der Waals surface area contributed by atoms with E-state index in [0.29, 0.717) is 12.1 Å². The monoisotopic (exact) mass is 178 g/mol. The van der Waals surface area contributed by atoms with E-state index in [1.807, 2.05) is 25.1 Å². The molecule has 0 radical (unpaired) electrons. The van der Waals surface area contributed by atoms with Crippen molar-refractivity contribution in [3.63, 3.8) is 0 Å². The summed E-state index contributed by atoms with van der Waals surface area (Å²) in [7, 11) is 0. The van der Waals surface area contributed by atoms with Crippen molar-refractivity contribution >= 4 is 11.8 Å². The molecule has 3 nitrogen and oxygen atoms in total. The van der Waals surface area contributed by atoms with E-state index in [0.717, 1.165) is 11.3 Å². The van der Waals surface area contributed by atoms with Crippen LogP contribution in [0.5, 0.6) is 0 Å². The Balaban J connectivity index is 2.73. The lowest BCUT2D eigenvalue weighted by atomic mass is 10.2. The number of nitrogens with zero attached hydrogens (tertiary/aromatic N) is 1. The normalized spacial score (nSPS) is 10.9. The maximum absolute atomic E-state index is 8.55. The summed E-state index contributed by atoms with van der Waals surface area (Å²) in [6, 6.07) is 1.92. The van der Waals surface area contributed by atoms with Crippen LogP contribution in [0, 0.1) is 6.92 Å². The highest BCUT2D eigenvalue weighted by molar-refractivity contribution is 5.52. The summed E-state index contributed by atoms with van der Waals surface area (Å²) >= 11 is 0. The molecule has 0 spiro atoms. The number of rotatable bonds is 3. The van der Waals surface area contributed by atoms with Crippen molar-refractivity contribution < 1.29 is 5.11 Å². The van der Waals surface area contributed by atoms with Crippen LogP contribution < -0.4 is 5.73 Å². The summed E-state index contributed by atoms with van der Waals surface area (Å²) in [4.78, 5) is 4.12. The summed E-state index contributed by atoms with van der Waals surface area (Å²) in [6.45, 7) is 2.12. The molecular formula is C10H14N2O. The van der Waals surface area contributed by atoms with Crippen LogP contribution in [-0.2, 0) is 0 Å². The van der Waals surface area contributed by atoms with E-state index in [4.69, 9.17) is 10.8 Å². The van der Waals surface area contributed by atoms with E-state index < -0.39 is 0 Å². The van der Waals surface area contributed by atoms with E-state index >= 15 is 0 Å². The standard InChI is InChI=1S/C10H14N2O/c1-8-6-9(4-2-3-5-13)12-7-10(8)11/h2,4,6-7,13H,3,5,11H2,1H3. The maximum atomic E-state index is 8.55. The molecule has 0 aromatic carbocycles. The molecule has 0 aliphatic rings. The van der Waals surface area contributed by atoms with Gasteiger partial charge in [0.15, 0.2) is 0 Å². The summed E-state index contributed by atoms with van der Waals surface area (Å²) in [5, 5.41) is 8.55. The molecule has 0 aliphatic heterocycles. The third-order valence-electron chi connectivity index (χ3n) is 1.76. The van der Waals surface area contributed by atoms with Crippen LogP contribution in [0.25, 0.3) is 6.08 Å². The number of aryl methyl sites for hydroxylation is 1. The van der Waals surface area contributed by atoms with Crippen LogP contribution in [0.2, 0.25) is 0 Å². The minimum atomic E-state index is 0.171. The SMILES string of the molecule is Cc1cc(C=CCCO)ncc1N. The second-order valence-corrected chi connectivity index (χ2v) is 2.88. The number of anilines is 1. The van der Waals surface area contributed by atoms with E-state index in [-0.39, 0.29) is 6.61 Å². The van der Waals surface area contributed by atoms with Crippen molar-refractivity contribution in [3.05, 3.63) is 29.6 Å². The van der Waals surface area contributed by atoms with E-state index in [9.17, 15) is 0 Å². The third kappa shape index (κ3) is 2.87. The van der Waals surface area contributed by atoms with Gasteiger partial charge in [-0.1, -0.05) is 6.08 Å². The Morgan fingerprint density at radius 1 is 1.62 bits per heavy atom. The Morgan fingerprint density at radius 3 is 3.00 bits per heavy atom. The molecule has 0 saturated carbocycles. The number of hydrogen-bond donors (Lipinski definition) is 2. The molecular weight excluding hydrogens is 164 g/mol. The van der Waals surface area contributed by atoms with Gasteiger partial charge in [0.25, 0.3) is 0 Å². The Kier molecular flexibility index (Phi) is 3.46. The zero-order chi connectivity index (χ0) is 9.68. The fraction of sp³-hybridized carbons (Fsp3) is 0.300. The topological polar surface area (TPSA) is 59.1 Å². The van der Waals surface area contributed by atoms with Crippen LogP contribution in [0.3, 0.4) is 0 Å². The highest BCUT2D eigenvalue weighted by atomic mass is 16.2. The molecule has 1 aromatic heterocycles. The van der Waals surface area contributed by atoms with Gasteiger partial charge in [0.2, 0.25) is 0 Å². The fourth-order valence-electron chi connectivity index (χ4n) is 0.958. The van der Waals surface area contributed by atoms with Crippen LogP contribution >= 0.6 is 0 Å². The van der Waals surface area contributed by atoms with Crippen LogP contribution in [0.4, 0.5) is 5.69 Å². The summed E-state index contributed by atoms with van der Waals surface area (Å²) in [5.74, 6) is 0. The molecule has 0 fully saturated rings. The van der Waals surface area contributed by atoms with Crippen molar-refractivity contribution in [3.8, 4) is 0 Å². The smallest absolute Gasteiger partial charge is 0.0630 e. The van der Waals surface area contributed by atoms with Gasteiger partial charge in [-0.15, -0.1) is 0 Å². The predicted molar refractivity (Wildman–Crippen MR) is 54.1 cm³/mol. The average molecular weight is 178 g/mol.